The Kier molecular flexibility index (Phi) is 1.98. The fourth-order valence-corrected chi connectivity index (χ4v) is 3.53. The molecule has 3 nitrogen and oxygen atoms in total. The molecule has 1 N–H and O–H groups in total. The van der Waals surface area contributed by atoms with Crippen LogP contribution in [0.2, 0.25) is 0 Å². The summed E-state index contributed by atoms with van der Waals surface area (Å²) in [6.45, 7) is 1.83. The largest absolute Gasteiger partial charge is 0.241 e. The number of sulfonamides is 1. The van der Waals surface area contributed by atoms with Gasteiger partial charge in [-0.2, -0.15) is 0 Å². The van der Waals surface area contributed by atoms with Crippen LogP contribution in [0.5, 0.6) is 0 Å². The van der Waals surface area contributed by atoms with Gasteiger partial charge < -0.3 is 0 Å². The van der Waals surface area contributed by atoms with Crippen LogP contribution >= 0.6 is 15.9 Å². The molecule has 0 fully saturated rings. The van der Waals surface area contributed by atoms with E-state index in [1.165, 1.54) is 0 Å². The summed E-state index contributed by atoms with van der Waals surface area (Å²) in [6.07, 6.45) is 0. The van der Waals surface area contributed by atoms with Crippen LogP contribution in [0.15, 0.2) is 27.6 Å². The molecule has 0 saturated heterocycles. The van der Waals surface area contributed by atoms with E-state index in [0.29, 0.717) is 4.90 Å². The van der Waals surface area contributed by atoms with Crippen molar-refractivity contribution in [3.05, 3.63) is 28.2 Å². The van der Waals surface area contributed by atoms with Gasteiger partial charge in [-0.15, -0.1) is 0 Å². The van der Waals surface area contributed by atoms with E-state index in [2.05, 4.69) is 20.7 Å². The average molecular weight is 262 g/mol. The molecule has 13 heavy (non-hydrogen) atoms. The highest BCUT2D eigenvalue weighted by Gasteiger charge is 2.30. The molecule has 1 atom stereocenters. The first-order valence-corrected chi connectivity index (χ1v) is 6.10. The van der Waals surface area contributed by atoms with E-state index in [1.54, 1.807) is 6.07 Å². The first-order chi connectivity index (χ1) is 6.00. The molecule has 0 aliphatic carbocycles. The maximum Gasteiger partial charge on any atom is 0.241 e. The second-order valence-corrected chi connectivity index (χ2v) is 5.62. The Bertz CT molecular complexity index is 455. The molecule has 0 aromatic heterocycles. The molecular weight excluding hydrogens is 254 g/mol. The molecule has 1 heterocycles. The van der Waals surface area contributed by atoms with Gasteiger partial charge in [-0.25, -0.2) is 13.1 Å². The zero-order valence-electron chi connectivity index (χ0n) is 6.91. The number of hydrogen-bond donors (Lipinski definition) is 1. The molecule has 0 amide bonds. The zero-order valence-corrected chi connectivity index (χ0v) is 9.31. The van der Waals surface area contributed by atoms with E-state index in [1.807, 2.05) is 19.1 Å². The summed E-state index contributed by atoms with van der Waals surface area (Å²) in [6, 6.07) is 5.17. The smallest absolute Gasteiger partial charge is 0.207 e. The summed E-state index contributed by atoms with van der Waals surface area (Å²) in [5.74, 6) is 0. The molecule has 70 valence electrons. The van der Waals surface area contributed by atoms with Gasteiger partial charge in [0.25, 0.3) is 0 Å². The lowest BCUT2D eigenvalue weighted by atomic mass is 10.1. The van der Waals surface area contributed by atoms with Gasteiger partial charge in [0.15, 0.2) is 0 Å². The highest BCUT2D eigenvalue weighted by atomic mass is 79.9. The third-order valence-electron chi connectivity index (χ3n) is 2.06. The van der Waals surface area contributed by atoms with Gasteiger partial charge in [-0.05, 0) is 24.6 Å². The molecule has 0 bridgehead atoms. The maximum atomic E-state index is 11.5. The molecule has 5 heteroatoms. The van der Waals surface area contributed by atoms with Crippen molar-refractivity contribution in [2.24, 2.45) is 0 Å². The lowest BCUT2D eigenvalue weighted by molar-refractivity contribution is 0.582. The number of rotatable bonds is 0. The van der Waals surface area contributed by atoms with E-state index >= 15 is 0 Å². The quantitative estimate of drug-likeness (QED) is 0.775. The maximum absolute atomic E-state index is 11.5. The number of fused-ring (bicyclic) bond motifs is 1. The average Bonchev–Trinajstić information content (AvgIpc) is 2.23. The topological polar surface area (TPSA) is 46.2 Å². The van der Waals surface area contributed by atoms with Crippen molar-refractivity contribution in [3.63, 3.8) is 0 Å². The van der Waals surface area contributed by atoms with Gasteiger partial charge in [0, 0.05) is 10.5 Å². The van der Waals surface area contributed by atoms with Gasteiger partial charge in [-0.1, -0.05) is 22.0 Å². The number of hydrogen-bond acceptors (Lipinski definition) is 2. The fraction of sp³-hybridized carbons (Fsp3) is 0.250. The molecule has 1 aliphatic heterocycles. The Hall–Kier alpha value is -0.390. The normalized spacial score (nSPS) is 24.3. The molecule has 1 aliphatic rings. The van der Waals surface area contributed by atoms with Gasteiger partial charge in [0.1, 0.15) is 0 Å². The molecule has 1 aromatic carbocycles. The molecule has 2 rings (SSSR count). The Morgan fingerprint density at radius 1 is 1.46 bits per heavy atom. The first-order valence-electron chi connectivity index (χ1n) is 3.82. The minimum Gasteiger partial charge on any atom is -0.207 e. The first kappa shape index (κ1) is 9.18. The molecule has 0 spiro atoms. The van der Waals surface area contributed by atoms with Crippen molar-refractivity contribution in [2.45, 2.75) is 17.9 Å². The summed E-state index contributed by atoms with van der Waals surface area (Å²) in [7, 11) is -3.26. The third-order valence-corrected chi connectivity index (χ3v) is 4.15. The second-order valence-electron chi connectivity index (χ2n) is 3.03. The summed E-state index contributed by atoms with van der Waals surface area (Å²) in [5, 5.41) is 0. The van der Waals surface area contributed by atoms with Crippen LogP contribution in [0, 0.1) is 0 Å². The molecule has 0 radical (unpaired) electrons. The van der Waals surface area contributed by atoms with E-state index in [4.69, 9.17) is 0 Å². The van der Waals surface area contributed by atoms with Crippen molar-refractivity contribution in [1.29, 1.82) is 0 Å². The van der Waals surface area contributed by atoms with Crippen molar-refractivity contribution >= 4 is 26.0 Å². The van der Waals surface area contributed by atoms with Crippen LogP contribution in [0.3, 0.4) is 0 Å². The van der Waals surface area contributed by atoms with Gasteiger partial charge in [-0.3, -0.25) is 0 Å². The summed E-state index contributed by atoms with van der Waals surface area (Å²) in [5.41, 5.74) is 0.836. The summed E-state index contributed by atoms with van der Waals surface area (Å²) in [4.78, 5) is 0.384. The number of nitrogens with one attached hydrogen (secondary N) is 1. The second kappa shape index (κ2) is 2.80. The lowest BCUT2D eigenvalue weighted by Crippen LogP contribution is -2.17. The molecule has 1 aromatic rings. The van der Waals surface area contributed by atoms with Crippen molar-refractivity contribution in [3.8, 4) is 0 Å². The SMILES string of the molecule is CC1NS(=O)(=O)c2cc(Br)ccc21. The van der Waals surface area contributed by atoms with Crippen LogP contribution in [-0.4, -0.2) is 8.42 Å². The van der Waals surface area contributed by atoms with E-state index in [0.717, 1.165) is 10.0 Å². The molecule has 0 saturated carbocycles. The Morgan fingerprint density at radius 2 is 2.15 bits per heavy atom. The predicted molar refractivity (Wildman–Crippen MR) is 52.9 cm³/mol. The van der Waals surface area contributed by atoms with Gasteiger partial charge in [0.05, 0.1) is 4.90 Å². The highest BCUT2D eigenvalue weighted by Crippen LogP contribution is 2.32. The van der Waals surface area contributed by atoms with E-state index in [9.17, 15) is 8.42 Å². The molecular formula is C8H8BrNO2S. The zero-order chi connectivity index (χ0) is 9.64. The monoisotopic (exact) mass is 261 g/mol. The highest BCUT2D eigenvalue weighted by molar-refractivity contribution is 9.10. The minimum atomic E-state index is -3.26. The van der Waals surface area contributed by atoms with E-state index in [-0.39, 0.29) is 6.04 Å². The Morgan fingerprint density at radius 3 is 2.85 bits per heavy atom. The summed E-state index contributed by atoms with van der Waals surface area (Å²) < 4.78 is 26.3. The third kappa shape index (κ3) is 1.41. The fourth-order valence-electron chi connectivity index (χ4n) is 1.46. The van der Waals surface area contributed by atoms with Gasteiger partial charge in [0.2, 0.25) is 10.0 Å². The lowest BCUT2D eigenvalue weighted by Gasteiger charge is -2.00. The number of benzene rings is 1. The molecule has 1 unspecified atom stereocenters. The summed E-state index contributed by atoms with van der Waals surface area (Å²) >= 11 is 3.24. The van der Waals surface area contributed by atoms with Crippen molar-refractivity contribution < 1.29 is 8.42 Å². The van der Waals surface area contributed by atoms with Gasteiger partial charge >= 0.3 is 0 Å². The Balaban J connectivity index is 2.74. The predicted octanol–water partition coefficient (Wildman–Crippen LogP) is 1.80. The van der Waals surface area contributed by atoms with Crippen LogP contribution in [-0.2, 0) is 10.0 Å². The van der Waals surface area contributed by atoms with E-state index < -0.39 is 10.0 Å². The minimum absolute atomic E-state index is 0.118. The number of halogens is 1. The van der Waals surface area contributed by atoms with Crippen LogP contribution in [0.25, 0.3) is 0 Å². The van der Waals surface area contributed by atoms with Crippen LogP contribution in [0.1, 0.15) is 18.5 Å². The standard InChI is InChI=1S/C8H8BrNO2S/c1-5-7-3-2-6(9)4-8(7)13(11,12)10-5/h2-5,10H,1H3. The van der Waals surface area contributed by atoms with Crippen molar-refractivity contribution in [2.75, 3.05) is 0 Å². The van der Waals surface area contributed by atoms with Crippen LogP contribution in [0.4, 0.5) is 0 Å². The van der Waals surface area contributed by atoms with Crippen molar-refractivity contribution in [1.82, 2.24) is 4.72 Å². The Labute approximate surface area is 85.3 Å². The van der Waals surface area contributed by atoms with Crippen LogP contribution < -0.4 is 4.72 Å².